The Balaban J connectivity index is 2.51. The molecule has 0 amide bonds. The number of carbonyl (C=O) groups is 1. The monoisotopic (exact) mass is 228 g/mol. The molecule has 82 valence electrons. The highest BCUT2D eigenvalue weighted by atomic mass is 35.5. The number of hydrogen-bond acceptors (Lipinski definition) is 3. The molecule has 1 atom stereocenters. The molecule has 1 aromatic carbocycles. The molecule has 1 N–H and O–H groups in total. The standard InChI is InChI=1S/C11H13ClO3/c1-15-11(14)7-10(13)6-8-3-2-4-9(12)5-8/h2-5,10,13H,6-7H2,1H3. The van der Waals surface area contributed by atoms with E-state index < -0.39 is 12.1 Å². The van der Waals surface area contributed by atoms with Gasteiger partial charge in [-0.3, -0.25) is 4.79 Å². The minimum absolute atomic E-state index is 0.00299. The molecule has 1 aromatic rings. The van der Waals surface area contributed by atoms with Gasteiger partial charge >= 0.3 is 5.97 Å². The first-order chi connectivity index (χ1) is 7.11. The van der Waals surface area contributed by atoms with Gasteiger partial charge in [0.1, 0.15) is 0 Å². The number of aliphatic hydroxyl groups is 1. The third-order valence-electron chi connectivity index (χ3n) is 1.99. The van der Waals surface area contributed by atoms with Gasteiger partial charge in [-0.05, 0) is 24.1 Å². The molecule has 0 bridgehead atoms. The molecule has 0 saturated carbocycles. The van der Waals surface area contributed by atoms with E-state index in [9.17, 15) is 9.90 Å². The van der Waals surface area contributed by atoms with Crippen molar-refractivity contribution < 1.29 is 14.6 Å². The lowest BCUT2D eigenvalue weighted by Crippen LogP contribution is -2.16. The van der Waals surface area contributed by atoms with Crippen molar-refractivity contribution in [2.24, 2.45) is 0 Å². The van der Waals surface area contributed by atoms with Crippen molar-refractivity contribution in [2.75, 3.05) is 7.11 Å². The minimum atomic E-state index is -0.726. The van der Waals surface area contributed by atoms with Gasteiger partial charge in [0.05, 0.1) is 19.6 Å². The summed E-state index contributed by atoms with van der Waals surface area (Å²) in [5.74, 6) is -0.412. The summed E-state index contributed by atoms with van der Waals surface area (Å²) < 4.78 is 4.46. The molecule has 1 rings (SSSR count). The van der Waals surface area contributed by atoms with Crippen molar-refractivity contribution in [1.82, 2.24) is 0 Å². The van der Waals surface area contributed by atoms with Gasteiger partial charge in [-0.2, -0.15) is 0 Å². The molecule has 1 unspecified atom stereocenters. The minimum Gasteiger partial charge on any atom is -0.469 e. The molecule has 0 radical (unpaired) electrons. The van der Waals surface area contributed by atoms with E-state index in [-0.39, 0.29) is 6.42 Å². The second-order valence-corrected chi connectivity index (χ2v) is 3.70. The fourth-order valence-corrected chi connectivity index (χ4v) is 1.50. The van der Waals surface area contributed by atoms with Crippen molar-refractivity contribution in [3.8, 4) is 0 Å². The van der Waals surface area contributed by atoms with E-state index in [0.29, 0.717) is 11.4 Å². The van der Waals surface area contributed by atoms with Crippen molar-refractivity contribution in [3.63, 3.8) is 0 Å². The van der Waals surface area contributed by atoms with E-state index in [0.717, 1.165) is 5.56 Å². The third kappa shape index (κ3) is 4.32. The highest BCUT2D eigenvalue weighted by molar-refractivity contribution is 6.30. The van der Waals surface area contributed by atoms with Gasteiger partial charge in [0.25, 0.3) is 0 Å². The van der Waals surface area contributed by atoms with Crippen LogP contribution in [0.4, 0.5) is 0 Å². The van der Waals surface area contributed by atoms with Gasteiger partial charge < -0.3 is 9.84 Å². The highest BCUT2D eigenvalue weighted by Crippen LogP contribution is 2.13. The quantitative estimate of drug-likeness (QED) is 0.800. The summed E-state index contributed by atoms with van der Waals surface area (Å²) in [6.45, 7) is 0. The fraction of sp³-hybridized carbons (Fsp3) is 0.364. The lowest BCUT2D eigenvalue weighted by Gasteiger charge is -2.09. The van der Waals surface area contributed by atoms with Gasteiger partial charge in [0, 0.05) is 5.02 Å². The number of carbonyl (C=O) groups excluding carboxylic acids is 1. The molecular formula is C11H13ClO3. The molecule has 0 aliphatic rings. The van der Waals surface area contributed by atoms with Gasteiger partial charge in [-0.15, -0.1) is 0 Å². The normalized spacial score (nSPS) is 12.2. The van der Waals surface area contributed by atoms with Crippen LogP contribution in [-0.4, -0.2) is 24.3 Å². The Hall–Kier alpha value is -1.06. The molecule has 0 spiro atoms. The van der Waals surface area contributed by atoms with E-state index in [2.05, 4.69) is 4.74 Å². The number of halogens is 1. The molecule has 0 heterocycles. The van der Waals surface area contributed by atoms with E-state index in [1.165, 1.54) is 7.11 Å². The fourth-order valence-electron chi connectivity index (χ4n) is 1.28. The molecule has 4 heteroatoms. The van der Waals surface area contributed by atoms with Crippen LogP contribution >= 0.6 is 11.6 Å². The van der Waals surface area contributed by atoms with Crippen LogP contribution in [0.15, 0.2) is 24.3 Å². The second kappa shape index (κ2) is 5.73. The maximum Gasteiger partial charge on any atom is 0.308 e. The number of rotatable bonds is 4. The van der Waals surface area contributed by atoms with E-state index in [1.54, 1.807) is 12.1 Å². The van der Waals surface area contributed by atoms with Crippen molar-refractivity contribution in [2.45, 2.75) is 18.9 Å². The average molecular weight is 229 g/mol. The van der Waals surface area contributed by atoms with Gasteiger partial charge in [-0.1, -0.05) is 23.7 Å². The maximum absolute atomic E-state index is 10.9. The Bertz CT molecular complexity index is 338. The second-order valence-electron chi connectivity index (χ2n) is 3.27. The zero-order valence-corrected chi connectivity index (χ0v) is 9.20. The molecule has 0 fully saturated rings. The molecule has 0 aliphatic carbocycles. The van der Waals surface area contributed by atoms with Crippen LogP contribution in [0.3, 0.4) is 0 Å². The summed E-state index contributed by atoms with van der Waals surface area (Å²) in [4.78, 5) is 10.9. The van der Waals surface area contributed by atoms with Crippen molar-refractivity contribution in [1.29, 1.82) is 0 Å². The maximum atomic E-state index is 10.9. The number of benzene rings is 1. The predicted molar refractivity (Wildman–Crippen MR) is 57.8 cm³/mol. The number of ether oxygens (including phenoxy) is 1. The largest absolute Gasteiger partial charge is 0.469 e. The zero-order chi connectivity index (χ0) is 11.3. The van der Waals surface area contributed by atoms with Gasteiger partial charge in [0.15, 0.2) is 0 Å². The Morgan fingerprint density at radius 2 is 2.33 bits per heavy atom. The van der Waals surface area contributed by atoms with Gasteiger partial charge in [0.2, 0.25) is 0 Å². The summed E-state index contributed by atoms with van der Waals surface area (Å²) in [5, 5.41) is 10.2. The topological polar surface area (TPSA) is 46.5 Å². The van der Waals surface area contributed by atoms with E-state index in [4.69, 9.17) is 11.6 Å². The van der Waals surface area contributed by atoms with E-state index in [1.807, 2.05) is 12.1 Å². The Morgan fingerprint density at radius 1 is 1.60 bits per heavy atom. The molecule has 0 aliphatic heterocycles. The van der Waals surface area contributed by atoms with E-state index >= 15 is 0 Å². The molecular weight excluding hydrogens is 216 g/mol. The molecule has 15 heavy (non-hydrogen) atoms. The molecule has 0 saturated heterocycles. The lowest BCUT2D eigenvalue weighted by atomic mass is 10.1. The first kappa shape index (κ1) is 12.0. The summed E-state index contributed by atoms with van der Waals surface area (Å²) >= 11 is 5.79. The predicted octanol–water partition coefficient (Wildman–Crippen LogP) is 1.81. The van der Waals surface area contributed by atoms with Gasteiger partial charge in [-0.25, -0.2) is 0 Å². The average Bonchev–Trinajstić information content (AvgIpc) is 2.17. The number of hydrogen-bond donors (Lipinski definition) is 1. The summed E-state index contributed by atoms with van der Waals surface area (Å²) in [7, 11) is 1.30. The Labute approximate surface area is 93.6 Å². The Morgan fingerprint density at radius 3 is 2.93 bits per heavy atom. The van der Waals surface area contributed by atoms with Crippen LogP contribution in [0.25, 0.3) is 0 Å². The van der Waals surface area contributed by atoms with Crippen LogP contribution in [0.1, 0.15) is 12.0 Å². The number of esters is 1. The summed E-state index contributed by atoms with van der Waals surface area (Å²) in [6, 6.07) is 7.19. The lowest BCUT2D eigenvalue weighted by molar-refractivity contribution is -0.142. The Kier molecular flexibility index (Phi) is 4.59. The first-order valence-corrected chi connectivity index (χ1v) is 4.99. The molecule has 0 aromatic heterocycles. The summed E-state index contributed by atoms with van der Waals surface area (Å²) in [6.07, 6.45) is -0.325. The van der Waals surface area contributed by atoms with Crippen LogP contribution < -0.4 is 0 Å². The highest BCUT2D eigenvalue weighted by Gasteiger charge is 2.11. The van der Waals surface area contributed by atoms with Crippen LogP contribution in [0, 0.1) is 0 Å². The zero-order valence-electron chi connectivity index (χ0n) is 8.44. The van der Waals surface area contributed by atoms with Crippen molar-refractivity contribution >= 4 is 17.6 Å². The number of aliphatic hydroxyl groups excluding tert-OH is 1. The molecule has 3 nitrogen and oxygen atoms in total. The SMILES string of the molecule is COC(=O)CC(O)Cc1cccc(Cl)c1. The van der Waals surface area contributed by atoms with Crippen LogP contribution in [0.5, 0.6) is 0 Å². The number of methoxy groups -OCH3 is 1. The smallest absolute Gasteiger partial charge is 0.308 e. The summed E-state index contributed by atoms with van der Waals surface area (Å²) in [5.41, 5.74) is 0.902. The van der Waals surface area contributed by atoms with Crippen molar-refractivity contribution in [3.05, 3.63) is 34.9 Å². The van der Waals surface area contributed by atoms with Crippen LogP contribution in [-0.2, 0) is 16.0 Å². The first-order valence-electron chi connectivity index (χ1n) is 4.61. The third-order valence-corrected chi connectivity index (χ3v) is 2.23. The van der Waals surface area contributed by atoms with Crippen LogP contribution in [0.2, 0.25) is 5.02 Å².